The van der Waals surface area contributed by atoms with Gasteiger partial charge in [-0.3, -0.25) is 0 Å². The van der Waals surface area contributed by atoms with Gasteiger partial charge in [0.1, 0.15) is 0 Å². The summed E-state index contributed by atoms with van der Waals surface area (Å²) in [6, 6.07) is 102. The molecule has 0 radical (unpaired) electrons. The average Bonchev–Trinajstić information content (AvgIpc) is 4.02. The van der Waals surface area contributed by atoms with Crippen molar-refractivity contribution in [3.63, 3.8) is 0 Å². The molecule has 2 atom stereocenters. The molecule has 2 unspecified atom stereocenters. The lowest BCUT2D eigenvalue weighted by atomic mass is 9.67. The third-order valence-corrected chi connectivity index (χ3v) is 16.7. The van der Waals surface area contributed by atoms with Crippen LogP contribution in [0.3, 0.4) is 0 Å². The molecule has 3 aliphatic rings. The van der Waals surface area contributed by atoms with Crippen LogP contribution in [0.15, 0.2) is 273 Å². The Morgan fingerprint density at radius 1 is 0.250 bits per heavy atom. The van der Waals surface area contributed by atoms with E-state index in [2.05, 4.69) is 292 Å². The van der Waals surface area contributed by atoms with Crippen molar-refractivity contribution in [2.45, 2.75) is 30.1 Å². The van der Waals surface area contributed by atoms with E-state index in [0.29, 0.717) is 0 Å². The van der Waals surface area contributed by atoms with E-state index in [4.69, 9.17) is 0 Å². The molecule has 340 valence electrons. The van der Waals surface area contributed by atoms with Crippen molar-refractivity contribution in [3.8, 4) is 44.5 Å². The van der Waals surface area contributed by atoms with E-state index in [1.54, 1.807) is 0 Å². The molecule has 3 aliphatic carbocycles. The van der Waals surface area contributed by atoms with E-state index in [-0.39, 0.29) is 10.8 Å². The lowest BCUT2D eigenvalue weighted by Gasteiger charge is -2.35. The minimum atomic E-state index is -0.571. The summed E-state index contributed by atoms with van der Waals surface area (Å²) in [4.78, 5) is 2.60. The summed E-state index contributed by atoms with van der Waals surface area (Å²) in [6.45, 7) is 4.84. The van der Waals surface area contributed by atoms with E-state index in [1.807, 2.05) is 0 Å². The molecule has 0 aromatic heterocycles. The average molecular weight is 918 g/mol. The topological polar surface area (TPSA) is 3.24 Å². The van der Waals surface area contributed by atoms with Gasteiger partial charge in [0.25, 0.3) is 0 Å². The van der Waals surface area contributed by atoms with Gasteiger partial charge in [-0.2, -0.15) is 0 Å². The molecule has 0 fully saturated rings. The first kappa shape index (κ1) is 42.1. The first-order chi connectivity index (χ1) is 35.5. The van der Waals surface area contributed by atoms with Crippen LogP contribution in [0, 0.1) is 0 Å². The van der Waals surface area contributed by atoms with E-state index in [9.17, 15) is 0 Å². The quantitative estimate of drug-likeness (QED) is 0.147. The predicted octanol–water partition coefficient (Wildman–Crippen LogP) is 17.9. The molecule has 1 nitrogen and oxygen atoms in total. The van der Waals surface area contributed by atoms with Crippen LogP contribution in [0.1, 0.15) is 69.5 Å². The van der Waals surface area contributed by atoms with Crippen molar-refractivity contribution in [3.05, 3.63) is 329 Å². The van der Waals surface area contributed by atoms with Crippen LogP contribution in [-0.2, 0) is 16.2 Å². The molecule has 0 amide bonds. The zero-order chi connectivity index (χ0) is 48.0. The monoisotopic (exact) mass is 917 g/mol. The van der Waals surface area contributed by atoms with Gasteiger partial charge in [-0.15, -0.1) is 0 Å². The molecular weight excluding hydrogens is 867 g/mol. The zero-order valence-electron chi connectivity index (χ0n) is 40.4. The summed E-state index contributed by atoms with van der Waals surface area (Å²) >= 11 is 0. The third kappa shape index (κ3) is 5.77. The van der Waals surface area contributed by atoms with Gasteiger partial charge in [0.15, 0.2) is 0 Å². The van der Waals surface area contributed by atoms with Gasteiger partial charge in [0, 0.05) is 27.6 Å². The molecular formula is C71H51N. The molecule has 0 saturated heterocycles. The van der Waals surface area contributed by atoms with Crippen LogP contribution in [0.4, 0.5) is 17.1 Å². The molecule has 72 heavy (non-hydrogen) atoms. The second-order valence-electron chi connectivity index (χ2n) is 20.1. The van der Waals surface area contributed by atoms with Crippen molar-refractivity contribution in [2.75, 3.05) is 4.90 Å². The molecule has 0 heterocycles. The van der Waals surface area contributed by atoms with E-state index in [1.165, 1.54) is 100 Å². The molecule has 11 aromatic carbocycles. The van der Waals surface area contributed by atoms with Crippen LogP contribution in [-0.4, -0.2) is 0 Å². The Morgan fingerprint density at radius 3 is 1.22 bits per heavy atom. The highest BCUT2D eigenvalue weighted by Crippen LogP contribution is 2.61. The van der Waals surface area contributed by atoms with E-state index >= 15 is 0 Å². The van der Waals surface area contributed by atoms with Gasteiger partial charge in [-0.1, -0.05) is 249 Å². The maximum Gasteiger partial charge on any atom is 0.0714 e. The normalized spacial score (nSPS) is 17.2. The molecule has 11 aromatic rings. The van der Waals surface area contributed by atoms with Crippen molar-refractivity contribution in [1.82, 2.24) is 0 Å². The highest BCUT2D eigenvalue weighted by Gasteiger charge is 2.48. The van der Waals surface area contributed by atoms with Crippen LogP contribution in [0.2, 0.25) is 0 Å². The smallest absolute Gasteiger partial charge is 0.0714 e. The van der Waals surface area contributed by atoms with Crippen molar-refractivity contribution in [1.29, 1.82) is 0 Å². The lowest BCUT2D eigenvalue weighted by Crippen LogP contribution is -2.28. The second-order valence-corrected chi connectivity index (χ2v) is 20.1. The van der Waals surface area contributed by atoms with Gasteiger partial charge in [0.2, 0.25) is 0 Å². The number of anilines is 3. The fourth-order valence-electron chi connectivity index (χ4n) is 13.5. The Hall–Kier alpha value is -8.78. The number of benzene rings is 11. The zero-order valence-corrected chi connectivity index (χ0v) is 40.4. The van der Waals surface area contributed by atoms with Crippen molar-refractivity contribution < 1.29 is 0 Å². The van der Waals surface area contributed by atoms with Gasteiger partial charge in [-0.05, 0) is 127 Å². The van der Waals surface area contributed by atoms with Crippen LogP contribution >= 0.6 is 0 Å². The van der Waals surface area contributed by atoms with E-state index in [0.717, 1.165) is 17.1 Å². The second kappa shape index (κ2) is 16.1. The fraction of sp³-hybridized carbons (Fsp3) is 0.0704. The lowest BCUT2D eigenvalue weighted by molar-refractivity contribution is 0.714. The first-order valence-corrected chi connectivity index (χ1v) is 25.3. The molecule has 0 bridgehead atoms. The molecule has 0 saturated carbocycles. The Kier molecular flexibility index (Phi) is 9.44. The maximum atomic E-state index is 2.60. The number of para-hydroxylation sites is 1. The minimum Gasteiger partial charge on any atom is -0.309 e. The Balaban J connectivity index is 1.08. The summed E-state index contributed by atoms with van der Waals surface area (Å²) in [7, 11) is 0. The Morgan fingerprint density at radius 2 is 0.639 bits per heavy atom. The standard InChI is InChI=1S/C71H51N/c1-69(48-25-7-3-8-26-48)59-38-19-16-35-57(59)67-56(37-23-41-62(67)69)55-34-18-22-43-65(55)72(66-44-24-42-63-68(66)58-36-17-20-39-60(58)70(63,2)49-27-9-4-10-28-49)52-45-46-54-53-33-15-21-40-61(53)71(64(54)47-52,50-29-11-5-12-30-50)51-31-13-6-14-32-51/h3-47H,1-2H3. The summed E-state index contributed by atoms with van der Waals surface area (Å²) in [5.41, 5.74) is 25.1. The summed E-state index contributed by atoms with van der Waals surface area (Å²) in [5, 5.41) is 0. The van der Waals surface area contributed by atoms with Gasteiger partial charge in [0.05, 0.1) is 16.8 Å². The van der Waals surface area contributed by atoms with Gasteiger partial charge >= 0.3 is 0 Å². The number of fused-ring (bicyclic) bond motifs is 9. The van der Waals surface area contributed by atoms with E-state index < -0.39 is 5.41 Å². The predicted molar refractivity (Wildman–Crippen MR) is 299 cm³/mol. The maximum absolute atomic E-state index is 2.60. The Bertz CT molecular complexity index is 3850. The first-order valence-electron chi connectivity index (χ1n) is 25.3. The summed E-state index contributed by atoms with van der Waals surface area (Å²) < 4.78 is 0. The fourth-order valence-corrected chi connectivity index (χ4v) is 13.5. The van der Waals surface area contributed by atoms with Crippen LogP contribution in [0.5, 0.6) is 0 Å². The van der Waals surface area contributed by atoms with Gasteiger partial charge in [-0.25, -0.2) is 0 Å². The largest absolute Gasteiger partial charge is 0.309 e. The summed E-state index contributed by atoms with van der Waals surface area (Å²) in [5.74, 6) is 0. The minimum absolute atomic E-state index is 0.336. The molecule has 0 N–H and O–H groups in total. The van der Waals surface area contributed by atoms with Gasteiger partial charge < -0.3 is 4.90 Å². The molecule has 0 aliphatic heterocycles. The molecule has 14 rings (SSSR count). The number of hydrogen-bond acceptors (Lipinski definition) is 1. The Labute approximate surface area is 423 Å². The van der Waals surface area contributed by atoms with Crippen LogP contribution < -0.4 is 4.90 Å². The number of hydrogen-bond donors (Lipinski definition) is 0. The SMILES string of the molecule is CC1(c2ccccc2)c2ccccc2-c2c(-c3ccccc3N(c3ccc4c(c3)C(c3ccccc3)(c3ccccc3)c3ccccc3-4)c3cccc4c3-c3ccccc3C4(C)c3ccccc3)cccc21. The highest BCUT2D eigenvalue weighted by molar-refractivity contribution is 6.03. The third-order valence-electron chi connectivity index (χ3n) is 16.7. The number of nitrogens with zero attached hydrogens (tertiary/aromatic N) is 1. The molecule has 0 spiro atoms. The van der Waals surface area contributed by atoms with Crippen LogP contribution in [0.25, 0.3) is 44.5 Å². The highest BCUT2D eigenvalue weighted by atomic mass is 15.1. The van der Waals surface area contributed by atoms with Crippen molar-refractivity contribution in [2.24, 2.45) is 0 Å². The number of rotatable bonds is 8. The molecule has 1 heteroatoms. The van der Waals surface area contributed by atoms with Crippen molar-refractivity contribution >= 4 is 17.1 Å². The summed E-state index contributed by atoms with van der Waals surface area (Å²) in [6.07, 6.45) is 0.